The van der Waals surface area contributed by atoms with Gasteiger partial charge in [0.15, 0.2) is 5.82 Å². The maximum Gasteiger partial charge on any atom is 0.172 e. The lowest BCUT2D eigenvalue weighted by atomic mass is 10.1. The van der Waals surface area contributed by atoms with Crippen molar-refractivity contribution in [1.82, 2.24) is 19.7 Å². The molecule has 4 rings (SSSR count). The SMILES string of the molecule is OCc1nn(-c2cnccn2)c2c1C[C@@H]1C[C@H]21. The molecule has 0 aliphatic heterocycles. The van der Waals surface area contributed by atoms with E-state index < -0.39 is 0 Å². The van der Waals surface area contributed by atoms with Gasteiger partial charge >= 0.3 is 0 Å². The van der Waals surface area contributed by atoms with E-state index in [0.29, 0.717) is 5.92 Å². The first-order chi connectivity index (χ1) is 8.38. The van der Waals surface area contributed by atoms with Crippen molar-refractivity contribution in [3.8, 4) is 5.82 Å². The minimum atomic E-state index is 0.00896. The molecule has 2 heterocycles. The third-order valence-electron chi connectivity index (χ3n) is 3.76. The summed E-state index contributed by atoms with van der Waals surface area (Å²) in [6.45, 7) is 0.00896. The van der Waals surface area contributed by atoms with Crippen LogP contribution in [0.15, 0.2) is 18.6 Å². The number of fused-ring (bicyclic) bond motifs is 3. The maximum atomic E-state index is 9.35. The molecule has 1 N–H and O–H groups in total. The Hall–Kier alpha value is -1.75. The van der Waals surface area contributed by atoms with Crippen molar-refractivity contribution in [2.24, 2.45) is 5.92 Å². The predicted molar refractivity (Wildman–Crippen MR) is 59.6 cm³/mol. The summed E-state index contributed by atoms with van der Waals surface area (Å²) in [5.41, 5.74) is 3.29. The maximum absolute atomic E-state index is 9.35. The normalized spacial score (nSPS) is 24.5. The molecule has 0 amide bonds. The topological polar surface area (TPSA) is 63.8 Å². The molecule has 2 aliphatic rings. The van der Waals surface area contributed by atoms with Gasteiger partial charge in [0.25, 0.3) is 0 Å². The summed E-state index contributed by atoms with van der Waals surface area (Å²) in [7, 11) is 0. The number of aliphatic hydroxyl groups excluding tert-OH is 1. The van der Waals surface area contributed by atoms with Crippen LogP contribution >= 0.6 is 0 Å². The second kappa shape index (κ2) is 3.13. The monoisotopic (exact) mass is 228 g/mol. The first kappa shape index (κ1) is 9.30. The van der Waals surface area contributed by atoms with E-state index in [4.69, 9.17) is 0 Å². The van der Waals surface area contributed by atoms with Gasteiger partial charge in [-0.1, -0.05) is 0 Å². The minimum Gasteiger partial charge on any atom is -0.390 e. The van der Waals surface area contributed by atoms with Gasteiger partial charge in [0.05, 0.1) is 24.2 Å². The molecule has 0 spiro atoms. The summed E-state index contributed by atoms with van der Waals surface area (Å²) in [5.74, 6) is 2.15. The van der Waals surface area contributed by atoms with E-state index in [-0.39, 0.29) is 6.61 Å². The second-order valence-electron chi connectivity index (χ2n) is 4.75. The third kappa shape index (κ3) is 1.20. The quantitative estimate of drug-likeness (QED) is 0.826. The second-order valence-corrected chi connectivity index (χ2v) is 4.75. The smallest absolute Gasteiger partial charge is 0.172 e. The molecular formula is C12H12N4O. The van der Waals surface area contributed by atoms with Gasteiger partial charge in [-0.25, -0.2) is 9.67 Å². The van der Waals surface area contributed by atoms with Crippen LogP contribution in [0.5, 0.6) is 0 Å². The van der Waals surface area contributed by atoms with Crippen LogP contribution in [-0.2, 0) is 13.0 Å². The van der Waals surface area contributed by atoms with Crippen molar-refractivity contribution in [3.05, 3.63) is 35.5 Å². The van der Waals surface area contributed by atoms with Crippen LogP contribution in [-0.4, -0.2) is 24.9 Å². The van der Waals surface area contributed by atoms with Gasteiger partial charge in [-0.05, 0) is 18.8 Å². The van der Waals surface area contributed by atoms with E-state index in [9.17, 15) is 5.11 Å². The Kier molecular flexibility index (Phi) is 1.71. The zero-order valence-corrected chi connectivity index (χ0v) is 9.24. The largest absolute Gasteiger partial charge is 0.390 e. The third-order valence-corrected chi connectivity index (χ3v) is 3.76. The molecular weight excluding hydrogens is 216 g/mol. The lowest BCUT2D eigenvalue weighted by Crippen LogP contribution is -2.04. The van der Waals surface area contributed by atoms with Crippen molar-refractivity contribution in [2.45, 2.75) is 25.4 Å². The average Bonchev–Trinajstić information content (AvgIpc) is 2.89. The van der Waals surface area contributed by atoms with Crippen LogP contribution in [0.25, 0.3) is 5.82 Å². The van der Waals surface area contributed by atoms with Gasteiger partial charge < -0.3 is 5.11 Å². The van der Waals surface area contributed by atoms with Crippen molar-refractivity contribution in [1.29, 1.82) is 0 Å². The number of aromatic nitrogens is 4. The molecule has 2 aromatic heterocycles. The number of aliphatic hydroxyl groups is 1. The Morgan fingerprint density at radius 1 is 1.41 bits per heavy atom. The summed E-state index contributed by atoms with van der Waals surface area (Å²) in [4.78, 5) is 8.36. The average molecular weight is 228 g/mol. The molecule has 1 fully saturated rings. The Labute approximate surface area is 98.1 Å². The Balaban J connectivity index is 1.92. The summed E-state index contributed by atoms with van der Waals surface area (Å²) in [5, 5.41) is 13.8. The van der Waals surface area contributed by atoms with E-state index >= 15 is 0 Å². The fourth-order valence-electron chi connectivity index (χ4n) is 2.89. The fraction of sp³-hybridized carbons (Fsp3) is 0.417. The van der Waals surface area contributed by atoms with Gasteiger partial charge in [-0.3, -0.25) is 4.98 Å². The molecule has 1 saturated carbocycles. The van der Waals surface area contributed by atoms with E-state index in [2.05, 4.69) is 15.1 Å². The van der Waals surface area contributed by atoms with E-state index in [0.717, 1.165) is 23.9 Å². The van der Waals surface area contributed by atoms with Crippen molar-refractivity contribution < 1.29 is 5.11 Å². The molecule has 0 radical (unpaired) electrons. The highest BCUT2D eigenvalue weighted by molar-refractivity contribution is 5.43. The lowest BCUT2D eigenvalue weighted by Gasteiger charge is -2.03. The lowest BCUT2D eigenvalue weighted by molar-refractivity contribution is 0.274. The Morgan fingerprint density at radius 3 is 3.12 bits per heavy atom. The van der Waals surface area contributed by atoms with Gasteiger partial charge in [-0.2, -0.15) is 5.10 Å². The van der Waals surface area contributed by atoms with E-state index in [1.165, 1.54) is 17.7 Å². The molecule has 2 atom stereocenters. The number of nitrogens with zero attached hydrogens (tertiary/aromatic N) is 4. The van der Waals surface area contributed by atoms with E-state index in [1.807, 2.05) is 4.68 Å². The summed E-state index contributed by atoms with van der Waals surface area (Å²) < 4.78 is 1.87. The van der Waals surface area contributed by atoms with Gasteiger partial charge in [0, 0.05) is 23.9 Å². The molecule has 17 heavy (non-hydrogen) atoms. The first-order valence-electron chi connectivity index (χ1n) is 5.86. The predicted octanol–water partition coefficient (Wildman–Crippen LogP) is 0.814. The van der Waals surface area contributed by atoms with Crippen LogP contribution in [0.3, 0.4) is 0 Å². The van der Waals surface area contributed by atoms with Crippen LogP contribution in [0.2, 0.25) is 0 Å². The zero-order valence-electron chi connectivity index (χ0n) is 9.24. The zero-order chi connectivity index (χ0) is 11.4. The van der Waals surface area contributed by atoms with Crippen LogP contribution in [0.4, 0.5) is 0 Å². The van der Waals surface area contributed by atoms with Crippen LogP contribution in [0, 0.1) is 5.92 Å². The number of rotatable bonds is 2. The Bertz CT molecular complexity index is 578. The summed E-state index contributed by atoms with van der Waals surface area (Å²) >= 11 is 0. The van der Waals surface area contributed by atoms with Gasteiger partial charge in [0.2, 0.25) is 0 Å². The molecule has 2 aromatic rings. The highest BCUT2D eigenvalue weighted by Crippen LogP contribution is 2.57. The minimum absolute atomic E-state index is 0.00896. The molecule has 0 unspecified atom stereocenters. The Morgan fingerprint density at radius 2 is 2.35 bits per heavy atom. The van der Waals surface area contributed by atoms with Crippen molar-refractivity contribution >= 4 is 0 Å². The van der Waals surface area contributed by atoms with Crippen molar-refractivity contribution in [3.63, 3.8) is 0 Å². The molecule has 0 bridgehead atoms. The van der Waals surface area contributed by atoms with Gasteiger partial charge in [-0.15, -0.1) is 0 Å². The molecule has 2 aliphatic carbocycles. The fourth-order valence-corrected chi connectivity index (χ4v) is 2.89. The highest BCUT2D eigenvalue weighted by Gasteiger charge is 2.49. The summed E-state index contributed by atoms with van der Waals surface area (Å²) in [6.07, 6.45) is 7.35. The molecule has 0 aromatic carbocycles. The van der Waals surface area contributed by atoms with Crippen LogP contribution in [0.1, 0.15) is 29.3 Å². The van der Waals surface area contributed by atoms with Gasteiger partial charge in [0.1, 0.15) is 0 Å². The molecule has 86 valence electrons. The van der Waals surface area contributed by atoms with Crippen LogP contribution < -0.4 is 0 Å². The molecule has 5 nitrogen and oxygen atoms in total. The summed E-state index contributed by atoms with van der Waals surface area (Å²) in [6, 6.07) is 0. The molecule has 0 saturated heterocycles. The van der Waals surface area contributed by atoms with E-state index in [1.54, 1.807) is 18.6 Å². The highest BCUT2D eigenvalue weighted by atomic mass is 16.3. The number of hydrogen-bond donors (Lipinski definition) is 1. The number of hydrogen-bond acceptors (Lipinski definition) is 4. The first-order valence-corrected chi connectivity index (χ1v) is 5.86. The van der Waals surface area contributed by atoms with Crippen molar-refractivity contribution in [2.75, 3.05) is 0 Å². The molecule has 5 heteroatoms. The standard InChI is InChI=1S/C12H12N4O/c17-6-10-9-4-7-3-8(7)12(9)16(15-10)11-5-13-1-2-14-11/h1-2,5,7-8,17H,3-4,6H2/t7-,8-/m0/s1.